The predicted molar refractivity (Wildman–Crippen MR) is 411 cm³/mol. The molecule has 0 aromatic heterocycles. The summed E-state index contributed by atoms with van der Waals surface area (Å²) >= 11 is 0. The van der Waals surface area contributed by atoms with Crippen LogP contribution in [0.25, 0.3) is 0 Å². The number of carbonyl (C=O) groups excluding carboxylic acids is 10. The molecule has 22 N–H and O–H groups in total. The number of piperidine rings is 1. The van der Waals surface area contributed by atoms with Crippen LogP contribution in [-0.2, 0) is 60.8 Å². The zero-order valence-electron chi connectivity index (χ0n) is 65.4. The summed E-state index contributed by atoms with van der Waals surface area (Å²) in [4.78, 5) is 84.6. The van der Waals surface area contributed by atoms with Crippen molar-refractivity contribution in [2.75, 3.05) is 55.4 Å². The lowest BCUT2D eigenvalue weighted by Gasteiger charge is -2.24. The van der Waals surface area contributed by atoms with Gasteiger partial charge < -0.3 is 106 Å². The largest absolute Gasteiger partial charge is 0.394 e. The van der Waals surface area contributed by atoms with Crippen molar-refractivity contribution < 1.29 is 53.1 Å². The standard InChI is InChI=1S/2C8H10.C7H13NO.3C5H12.C5H10.C3H8O.4C2H6.6CH5N.9CH2O.3H3N/c2*1-2-8-6-4-3-5-7-8;1-7(9)8-5-3-2-4-6-8;3*1-4-5(2)3;1-3-5-4-2;1-3(2)4;19*1-2;;;/h2*3-7H,2H2,1H3;2-6H2,1H3;3*5H,4H2,1-3H3;3,5H,4H2,1-2H3;3-4H,1-2H3;4*1-2H3;6*2H2,1H3;9*1H2;3*1H3/b;;;;;;5-3-;;;;;;;;;;;;;;;;;;;;;;;. The zero-order chi connectivity index (χ0) is 76.9. The number of rotatable bonds is 6. The number of amides is 1. The van der Waals surface area contributed by atoms with Crippen molar-refractivity contribution in [2.45, 2.75) is 230 Å². The maximum Gasteiger partial charge on any atom is 0.219 e. The van der Waals surface area contributed by atoms with Gasteiger partial charge in [0.25, 0.3) is 0 Å². The number of aryl methyl sites for hydroxylation is 2. The molecule has 0 unspecified atom stereocenters. The van der Waals surface area contributed by atoms with Crippen LogP contribution in [0.2, 0.25) is 0 Å². The number of carbonyl (C=O) groups is 10. The molecule has 1 aliphatic rings. The fourth-order valence-electron chi connectivity index (χ4n) is 2.87. The first-order chi connectivity index (χ1) is 42.1. The second-order valence-electron chi connectivity index (χ2n) is 13.7. The van der Waals surface area contributed by atoms with Gasteiger partial charge in [-0.15, -0.1) is 0 Å². The molecule has 2 aromatic rings. The highest BCUT2D eigenvalue weighted by Gasteiger charge is 2.11. The van der Waals surface area contributed by atoms with Crippen LogP contribution >= 0.6 is 0 Å². The van der Waals surface area contributed by atoms with Crippen LogP contribution in [0.3, 0.4) is 0 Å². The summed E-state index contributed by atoms with van der Waals surface area (Å²) in [5.41, 5.74) is 29.8. The molecule has 1 fully saturated rings. The van der Waals surface area contributed by atoms with E-state index >= 15 is 0 Å². The SMILES string of the molecule is C/C=C\CC.C=O.C=O.C=O.C=O.C=O.C=O.C=O.C=O.C=O.CC.CC.CC.CC.CC(=O)N1CCCCC1.CC(C)O.CCC(C)C.CCC(C)C.CCC(C)C.CCc1ccccc1.CCc1ccccc1.CN.CN.CN.CN.CN.CN.N.N.N. The maximum atomic E-state index is 10.7. The van der Waals surface area contributed by atoms with Gasteiger partial charge in [-0.2, -0.15) is 0 Å². The Morgan fingerprint density at radius 2 is 0.567 bits per heavy atom. The molecule has 3 rings (SSSR count). The van der Waals surface area contributed by atoms with Crippen LogP contribution in [0.5, 0.6) is 0 Å². The van der Waals surface area contributed by atoms with Crippen molar-refractivity contribution in [3.8, 4) is 0 Å². The fraction of sp³-hybridized carbons (Fsp3) is 0.652. The van der Waals surface area contributed by atoms with Crippen molar-refractivity contribution in [2.24, 2.45) is 52.2 Å². The molecule has 1 saturated heterocycles. The molecule has 1 amide bonds. The van der Waals surface area contributed by atoms with E-state index in [1.165, 1.54) is 91.9 Å². The number of benzene rings is 2. The number of hydrogen-bond donors (Lipinski definition) is 10. The van der Waals surface area contributed by atoms with E-state index in [1.54, 1.807) is 20.8 Å². The molecule has 1 aliphatic heterocycles. The number of nitrogens with zero attached hydrogens (tertiary/aromatic N) is 1. The normalized spacial score (nSPS) is 7.23. The Labute approximate surface area is 562 Å². The number of hydrogen-bond acceptors (Lipinski definition) is 20. The molecule has 0 atom stereocenters. The first kappa shape index (κ1) is 178. The van der Waals surface area contributed by atoms with Crippen LogP contribution < -0.4 is 52.9 Å². The minimum Gasteiger partial charge on any atom is -0.394 e. The van der Waals surface area contributed by atoms with Gasteiger partial charge in [0.2, 0.25) is 5.91 Å². The van der Waals surface area contributed by atoms with Crippen LogP contribution in [0.1, 0.15) is 222 Å². The van der Waals surface area contributed by atoms with Gasteiger partial charge in [0.05, 0.1) is 0 Å². The number of nitrogens with two attached hydrogens (primary N) is 6. The quantitative estimate of drug-likeness (QED) is 0.120. The third kappa shape index (κ3) is 463. The monoisotopic (exact) mass is 1310 g/mol. The molecule has 21 heteroatoms. The van der Waals surface area contributed by atoms with Crippen molar-refractivity contribution in [3.63, 3.8) is 0 Å². The van der Waals surface area contributed by atoms with Gasteiger partial charge in [-0.3, -0.25) is 4.79 Å². The molecule has 0 aliphatic carbocycles. The van der Waals surface area contributed by atoms with E-state index in [0.29, 0.717) is 0 Å². The van der Waals surface area contributed by atoms with Gasteiger partial charge in [0.15, 0.2) is 0 Å². The summed E-state index contributed by atoms with van der Waals surface area (Å²) in [6.07, 6.45) is 15.1. The van der Waals surface area contributed by atoms with E-state index in [4.69, 9.17) is 48.3 Å². The van der Waals surface area contributed by atoms with E-state index < -0.39 is 0 Å². The lowest BCUT2D eigenvalue weighted by atomic mass is 10.1. The van der Waals surface area contributed by atoms with Crippen molar-refractivity contribution in [1.29, 1.82) is 0 Å². The van der Waals surface area contributed by atoms with E-state index in [-0.39, 0.29) is 30.5 Å². The third-order valence-electron chi connectivity index (χ3n) is 7.22. The first-order valence-corrected chi connectivity index (χ1v) is 29.8. The summed E-state index contributed by atoms with van der Waals surface area (Å²) in [6, 6.07) is 20.9. The Balaban J connectivity index is -0.0000000188. The Bertz CT molecular complexity index is 989. The number of allylic oxidation sites excluding steroid dienone is 2. The van der Waals surface area contributed by atoms with Gasteiger partial charge in [-0.1, -0.05) is 231 Å². The molecular formula is C69H168N10O11. The molecule has 0 spiro atoms. The maximum absolute atomic E-state index is 10.7. The number of aliphatic hydroxyl groups excluding tert-OH is 1. The Hall–Kier alpha value is -5.72. The zero-order valence-corrected chi connectivity index (χ0v) is 65.4. The minimum absolute atomic E-state index is 0. The van der Waals surface area contributed by atoms with E-state index in [9.17, 15) is 4.79 Å². The number of aliphatic hydroxyl groups is 1. The Morgan fingerprint density at radius 3 is 0.633 bits per heavy atom. The van der Waals surface area contributed by atoms with Crippen LogP contribution in [-0.4, -0.2) is 138 Å². The number of likely N-dealkylation sites (tertiary alicyclic amines) is 1. The average molecular weight is 1310 g/mol. The smallest absolute Gasteiger partial charge is 0.219 e. The molecule has 0 radical (unpaired) electrons. The summed E-state index contributed by atoms with van der Waals surface area (Å²) in [7, 11) is 9.00. The highest BCUT2D eigenvalue weighted by molar-refractivity contribution is 5.73. The van der Waals surface area contributed by atoms with E-state index in [2.05, 4.69) is 178 Å². The summed E-state index contributed by atoms with van der Waals surface area (Å²) in [6.45, 7) is 69.5. The molecule has 90 heavy (non-hydrogen) atoms. The van der Waals surface area contributed by atoms with E-state index in [1.807, 2.05) is 140 Å². The molecule has 21 nitrogen and oxygen atoms in total. The van der Waals surface area contributed by atoms with Crippen molar-refractivity contribution >= 4 is 67.0 Å². The molecular weight excluding hydrogens is 1140 g/mol. The second kappa shape index (κ2) is 331. The first-order valence-electron chi connectivity index (χ1n) is 29.8. The van der Waals surface area contributed by atoms with Crippen LogP contribution in [0.4, 0.5) is 0 Å². The van der Waals surface area contributed by atoms with Gasteiger partial charge in [0, 0.05) is 26.1 Å². The van der Waals surface area contributed by atoms with Crippen molar-refractivity contribution in [3.05, 3.63) is 83.9 Å². The summed E-state index contributed by atoms with van der Waals surface area (Å²) < 4.78 is 0. The van der Waals surface area contributed by atoms with Crippen LogP contribution in [0, 0.1) is 17.8 Å². The average Bonchev–Trinajstić information content (AvgIpc) is 3.64. The minimum atomic E-state index is -0.167. The van der Waals surface area contributed by atoms with Gasteiger partial charge >= 0.3 is 0 Å². The van der Waals surface area contributed by atoms with Crippen LogP contribution in [0.15, 0.2) is 72.8 Å². The summed E-state index contributed by atoms with van der Waals surface area (Å²) in [5, 5.41) is 8.06. The van der Waals surface area contributed by atoms with Gasteiger partial charge in [-0.05, 0) is 130 Å². The lowest BCUT2D eigenvalue weighted by Crippen LogP contribution is -2.33. The Morgan fingerprint density at radius 1 is 0.411 bits per heavy atom. The predicted octanol–water partition coefficient (Wildman–Crippen LogP) is 14.4. The highest BCUT2D eigenvalue weighted by atomic mass is 16.3. The van der Waals surface area contributed by atoms with Gasteiger partial charge in [0.1, 0.15) is 61.1 Å². The topological polar surface area (TPSA) is 455 Å². The molecule has 0 saturated carbocycles. The second-order valence-corrected chi connectivity index (χ2v) is 13.7. The highest BCUT2D eigenvalue weighted by Crippen LogP contribution is 2.07. The molecule has 0 bridgehead atoms. The molecule has 1 heterocycles. The third-order valence-corrected chi connectivity index (χ3v) is 7.22. The van der Waals surface area contributed by atoms with Crippen molar-refractivity contribution in [1.82, 2.24) is 23.4 Å². The lowest BCUT2D eigenvalue weighted by molar-refractivity contribution is -0.129. The molecule has 2 aromatic carbocycles. The summed E-state index contributed by atoms with van der Waals surface area (Å²) in [5.74, 6) is 2.88. The van der Waals surface area contributed by atoms with E-state index in [0.717, 1.165) is 50.1 Å². The molecule has 560 valence electrons. The van der Waals surface area contributed by atoms with Gasteiger partial charge in [-0.25, -0.2) is 0 Å². The fourth-order valence-corrected chi connectivity index (χ4v) is 2.87. The Kier molecular flexibility index (Phi) is 655.